The maximum atomic E-state index is 12.1. The molecule has 0 aliphatic rings. The van der Waals surface area contributed by atoms with E-state index in [0.29, 0.717) is 22.1 Å². The number of nitrogens with two attached hydrogens (primary N) is 1. The number of nitrogen functional groups attached to an aromatic ring is 1. The fourth-order valence-corrected chi connectivity index (χ4v) is 2.42. The van der Waals surface area contributed by atoms with Crippen LogP contribution in [0.4, 0.5) is 5.13 Å². The third-order valence-electron chi connectivity index (χ3n) is 2.52. The third kappa shape index (κ3) is 4.20. The van der Waals surface area contributed by atoms with Gasteiger partial charge in [-0.15, -0.1) is 0 Å². The molecule has 0 aliphatic carbocycles. The van der Waals surface area contributed by atoms with Crippen LogP contribution in [0.5, 0.6) is 0 Å². The molecular weight excluding hydrogens is 266 g/mol. The van der Waals surface area contributed by atoms with E-state index in [9.17, 15) is 9.59 Å². The molecule has 0 bridgehead atoms. The number of hydrogen-bond donors (Lipinski definition) is 2. The van der Waals surface area contributed by atoms with Crippen LogP contribution in [-0.2, 0) is 9.53 Å². The number of aromatic nitrogens is 1. The number of anilines is 1. The van der Waals surface area contributed by atoms with Crippen molar-refractivity contribution in [3.05, 3.63) is 10.6 Å². The summed E-state index contributed by atoms with van der Waals surface area (Å²) < 4.78 is 4.69. The SMILES string of the molecule is COC(=O)C(CC(C)C)NC(=O)c1sc(N)nc1C. The van der Waals surface area contributed by atoms with E-state index < -0.39 is 12.0 Å². The van der Waals surface area contributed by atoms with Gasteiger partial charge < -0.3 is 15.8 Å². The summed E-state index contributed by atoms with van der Waals surface area (Å²) in [5.41, 5.74) is 6.11. The van der Waals surface area contributed by atoms with Crippen molar-refractivity contribution in [3.8, 4) is 0 Å². The quantitative estimate of drug-likeness (QED) is 0.796. The van der Waals surface area contributed by atoms with Crippen molar-refractivity contribution in [1.82, 2.24) is 10.3 Å². The Morgan fingerprint density at radius 2 is 2.11 bits per heavy atom. The lowest BCUT2D eigenvalue weighted by atomic mass is 10.0. The molecular formula is C12H19N3O3S. The molecule has 106 valence electrons. The summed E-state index contributed by atoms with van der Waals surface area (Å²) >= 11 is 1.11. The Morgan fingerprint density at radius 1 is 1.47 bits per heavy atom. The molecule has 1 aromatic heterocycles. The monoisotopic (exact) mass is 285 g/mol. The van der Waals surface area contributed by atoms with Gasteiger partial charge in [0, 0.05) is 0 Å². The van der Waals surface area contributed by atoms with Crippen molar-refractivity contribution in [1.29, 1.82) is 0 Å². The van der Waals surface area contributed by atoms with Crippen LogP contribution in [0.3, 0.4) is 0 Å². The van der Waals surface area contributed by atoms with Gasteiger partial charge in [-0.05, 0) is 19.3 Å². The topological polar surface area (TPSA) is 94.3 Å². The van der Waals surface area contributed by atoms with E-state index in [1.807, 2.05) is 13.8 Å². The molecule has 19 heavy (non-hydrogen) atoms. The molecule has 1 aromatic rings. The number of aryl methyl sites for hydroxylation is 1. The van der Waals surface area contributed by atoms with E-state index in [0.717, 1.165) is 11.3 Å². The molecule has 0 saturated carbocycles. The summed E-state index contributed by atoms with van der Waals surface area (Å²) in [6.45, 7) is 5.65. The number of ether oxygens (including phenoxy) is 1. The molecule has 0 spiro atoms. The van der Waals surface area contributed by atoms with Crippen LogP contribution in [0.15, 0.2) is 0 Å². The Hall–Kier alpha value is -1.63. The molecule has 7 heteroatoms. The van der Waals surface area contributed by atoms with Gasteiger partial charge in [-0.2, -0.15) is 0 Å². The lowest BCUT2D eigenvalue weighted by Crippen LogP contribution is -2.42. The van der Waals surface area contributed by atoms with Gasteiger partial charge >= 0.3 is 5.97 Å². The van der Waals surface area contributed by atoms with Gasteiger partial charge in [-0.3, -0.25) is 4.79 Å². The zero-order chi connectivity index (χ0) is 14.6. The second-order valence-electron chi connectivity index (χ2n) is 4.65. The first-order chi connectivity index (χ1) is 8.85. The van der Waals surface area contributed by atoms with E-state index in [2.05, 4.69) is 10.3 Å². The van der Waals surface area contributed by atoms with Crippen LogP contribution >= 0.6 is 11.3 Å². The summed E-state index contributed by atoms with van der Waals surface area (Å²) in [6.07, 6.45) is 0.520. The molecule has 0 fully saturated rings. The summed E-state index contributed by atoms with van der Waals surface area (Å²) in [5.74, 6) is -0.531. The number of carbonyl (C=O) groups excluding carboxylic acids is 2. The number of nitrogens with zero attached hydrogens (tertiary/aromatic N) is 1. The van der Waals surface area contributed by atoms with E-state index in [-0.39, 0.29) is 11.8 Å². The first-order valence-electron chi connectivity index (χ1n) is 5.96. The number of nitrogens with one attached hydrogen (secondary N) is 1. The minimum atomic E-state index is -0.653. The highest BCUT2D eigenvalue weighted by Gasteiger charge is 2.25. The van der Waals surface area contributed by atoms with Crippen molar-refractivity contribution in [2.24, 2.45) is 5.92 Å². The molecule has 1 atom stereocenters. The molecule has 0 aliphatic heterocycles. The minimum absolute atomic E-state index is 0.261. The first-order valence-corrected chi connectivity index (χ1v) is 6.78. The number of amides is 1. The number of thiazole rings is 1. The molecule has 1 amide bonds. The van der Waals surface area contributed by atoms with Crippen LogP contribution in [0, 0.1) is 12.8 Å². The Kier molecular flexibility index (Phi) is 5.29. The predicted octanol–water partition coefficient (Wildman–Crippen LogP) is 1.35. The van der Waals surface area contributed by atoms with Crippen LogP contribution in [0.2, 0.25) is 0 Å². The smallest absolute Gasteiger partial charge is 0.328 e. The number of esters is 1. The van der Waals surface area contributed by atoms with Gasteiger partial charge in [0.2, 0.25) is 0 Å². The highest BCUT2D eigenvalue weighted by Crippen LogP contribution is 2.20. The molecule has 0 radical (unpaired) electrons. The second-order valence-corrected chi connectivity index (χ2v) is 5.68. The van der Waals surface area contributed by atoms with Crippen molar-refractivity contribution >= 4 is 28.3 Å². The largest absolute Gasteiger partial charge is 0.467 e. The highest BCUT2D eigenvalue weighted by atomic mass is 32.1. The van der Waals surface area contributed by atoms with Crippen LogP contribution in [0.25, 0.3) is 0 Å². The Bertz CT molecular complexity index is 471. The summed E-state index contributed by atoms with van der Waals surface area (Å²) in [7, 11) is 1.30. The van der Waals surface area contributed by atoms with Gasteiger partial charge in [0.25, 0.3) is 5.91 Å². The third-order valence-corrected chi connectivity index (χ3v) is 3.50. The van der Waals surface area contributed by atoms with Gasteiger partial charge in [-0.25, -0.2) is 9.78 Å². The summed E-state index contributed by atoms with van der Waals surface area (Å²) in [4.78, 5) is 28.1. The van der Waals surface area contributed by atoms with E-state index in [4.69, 9.17) is 10.5 Å². The zero-order valence-electron chi connectivity index (χ0n) is 11.5. The van der Waals surface area contributed by atoms with Crippen molar-refractivity contribution in [2.75, 3.05) is 12.8 Å². The number of hydrogen-bond acceptors (Lipinski definition) is 6. The van der Waals surface area contributed by atoms with Gasteiger partial charge in [0.05, 0.1) is 12.8 Å². The lowest BCUT2D eigenvalue weighted by molar-refractivity contribution is -0.143. The maximum Gasteiger partial charge on any atom is 0.328 e. The number of rotatable bonds is 5. The van der Waals surface area contributed by atoms with Crippen LogP contribution in [0.1, 0.15) is 35.6 Å². The standard InChI is InChI=1S/C12H19N3O3S/c1-6(2)5-8(11(17)18-4)15-10(16)9-7(3)14-12(13)19-9/h6,8H,5H2,1-4H3,(H2,13,14)(H,15,16). The first kappa shape index (κ1) is 15.4. The Morgan fingerprint density at radius 3 is 2.53 bits per heavy atom. The highest BCUT2D eigenvalue weighted by molar-refractivity contribution is 7.17. The number of methoxy groups -OCH3 is 1. The second kappa shape index (κ2) is 6.51. The summed E-state index contributed by atoms with van der Waals surface area (Å²) in [6, 6.07) is -0.653. The molecule has 3 N–H and O–H groups in total. The Balaban J connectivity index is 2.81. The van der Waals surface area contributed by atoms with E-state index in [1.54, 1.807) is 6.92 Å². The average molecular weight is 285 g/mol. The fraction of sp³-hybridized carbons (Fsp3) is 0.583. The van der Waals surface area contributed by atoms with Crippen LogP contribution < -0.4 is 11.1 Å². The minimum Gasteiger partial charge on any atom is -0.467 e. The van der Waals surface area contributed by atoms with Crippen LogP contribution in [-0.4, -0.2) is 30.0 Å². The number of carbonyl (C=O) groups is 2. The normalized spacial score (nSPS) is 12.3. The molecule has 0 aromatic carbocycles. The molecule has 1 heterocycles. The van der Waals surface area contributed by atoms with Gasteiger partial charge in [0.15, 0.2) is 5.13 Å². The molecule has 1 rings (SSSR count). The average Bonchev–Trinajstić information content (AvgIpc) is 2.66. The lowest BCUT2D eigenvalue weighted by Gasteiger charge is -2.17. The molecule has 0 saturated heterocycles. The molecule has 6 nitrogen and oxygen atoms in total. The van der Waals surface area contributed by atoms with Crippen molar-refractivity contribution in [2.45, 2.75) is 33.2 Å². The van der Waals surface area contributed by atoms with Gasteiger partial charge in [-0.1, -0.05) is 25.2 Å². The van der Waals surface area contributed by atoms with Crippen molar-refractivity contribution < 1.29 is 14.3 Å². The van der Waals surface area contributed by atoms with Crippen molar-refractivity contribution in [3.63, 3.8) is 0 Å². The summed E-state index contributed by atoms with van der Waals surface area (Å²) in [5, 5.41) is 3.01. The van der Waals surface area contributed by atoms with E-state index >= 15 is 0 Å². The van der Waals surface area contributed by atoms with Gasteiger partial charge in [0.1, 0.15) is 10.9 Å². The van der Waals surface area contributed by atoms with E-state index in [1.165, 1.54) is 7.11 Å². The maximum absolute atomic E-state index is 12.1. The Labute approximate surface area is 116 Å². The predicted molar refractivity (Wildman–Crippen MR) is 74.0 cm³/mol. The zero-order valence-corrected chi connectivity index (χ0v) is 12.3. The molecule has 1 unspecified atom stereocenters. The fourth-order valence-electron chi connectivity index (χ4n) is 1.68.